The van der Waals surface area contributed by atoms with Crippen LogP contribution in [0.25, 0.3) is 6.08 Å². The van der Waals surface area contributed by atoms with Gasteiger partial charge in [0, 0.05) is 6.54 Å². The van der Waals surface area contributed by atoms with Crippen molar-refractivity contribution in [2.45, 2.75) is 6.54 Å². The van der Waals surface area contributed by atoms with Crippen LogP contribution in [0.1, 0.15) is 11.1 Å². The summed E-state index contributed by atoms with van der Waals surface area (Å²) >= 11 is 0. The highest BCUT2D eigenvalue weighted by Gasteiger charge is 1.80. The van der Waals surface area contributed by atoms with Gasteiger partial charge >= 0.3 is 6.15 Å². The predicted molar refractivity (Wildman–Crippen MR) is 75.9 cm³/mol. The third-order valence-corrected chi connectivity index (χ3v) is 2.11. The molecule has 0 aromatic heterocycles. The van der Waals surface area contributed by atoms with Crippen LogP contribution in [0, 0.1) is 0 Å². The molecule has 2 rings (SSSR count). The van der Waals surface area contributed by atoms with Crippen LogP contribution in [0.3, 0.4) is 0 Å². The second kappa shape index (κ2) is 12.0. The number of rotatable bonds is 2. The molecule has 2 N–H and O–H groups in total. The summed E-state index contributed by atoms with van der Waals surface area (Å²) in [5.74, 6) is 0. The van der Waals surface area contributed by atoms with E-state index < -0.39 is 0 Å². The Morgan fingerprint density at radius 3 is 1.63 bits per heavy atom. The summed E-state index contributed by atoms with van der Waals surface area (Å²) in [5, 5.41) is 0. The van der Waals surface area contributed by atoms with Gasteiger partial charge in [-0.3, -0.25) is 0 Å². The van der Waals surface area contributed by atoms with Crippen LogP contribution in [-0.2, 0) is 16.1 Å². The van der Waals surface area contributed by atoms with Gasteiger partial charge in [-0.1, -0.05) is 73.3 Å². The zero-order valence-corrected chi connectivity index (χ0v) is 10.7. The Morgan fingerprint density at radius 2 is 1.37 bits per heavy atom. The Labute approximate surface area is 113 Å². The van der Waals surface area contributed by atoms with Crippen molar-refractivity contribution < 1.29 is 9.59 Å². The maximum atomic E-state index is 8.12. The number of hydrogen-bond acceptors (Lipinski definition) is 3. The Kier molecular flexibility index (Phi) is 10.4. The molecule has 0 saturated carbocycles. The van der Waals surface area contributed by atoms with Crippen molar-refractivity contribution in [2.24, 2.45) is 5.73 Å². The number of hydrogen-bond donors (Lipinski definition) is 1. The summed E-state index contributed by atoms with van der Waals surface area (Å²) in [4.78, 5) is 16.2. The summed E-state index contributed by atoms with van der Waals surface area (Å²) in [5.41, 5.74) is 7.71. The van der Waals surface area contributed by atoms with Gasteiger partial charge < -0.3 is 5.73 Å². The minimum Gasteiger partial charge on any atom is -0.326 e. The first-order chi connectivity index (χ1) is 9.28. The molecule has 0 radical (unpaired) electrons. The van der Waals surface area contributed by atoms with Crippen LogP contribution in [-0.4, -0.2) is 6.15 Å². The Balaban J connectivity index is 0.000000284. The fourth-order valence-corrected chi connectivity index (χ4v) is 1.20. The van der Waals surface area contributed by atoms with Crippen LogP contribution >= 0.6 is 0 Å². The monoisotopic (exact) mass is 255 g/mol. The second-order valence-corrected chi connectivity index (χ2v) is 3.39. The average molecular weight is 255 g/mol. The lowest BCUT2D eigenvalue weighted by Gasteiger charge is -1.90. The lowest BCUT2D eigenvalue weighted by atomic mass is 10.2. The molecule has 0 atom stereocenters. The first-order valence-corrected chi connectivity index (χ1v) is 5.69. The molecule has 2 aromatic rings. The molecule has 0 aliphatic carbocycles. The van der Waals surface area contributed by atoms with Crippen LogP contribution in [0.2, 0.25) is 0 Å². The lowest BCUT2D eigenvalue weighted by Crippen LogP contribution is -1.94. The first kappa shape index (κ1) is 16.5. The van der Waals surface area contributed by atoms with Crippen molar-refractivity contribution in [2.75, 3.05) is 0 Å². The molecule has 0 amide bonds. The third kappa shape index (κ3) is 9.24. The first-order valence-electron chi connectivity index (χ1n) is 5.69. The SMILES string of the molecule is C=Cc1ccccc1.NCc1ccccc1.O=C=O. The molecule has 3 heteroatoms. The molecule has 0 bridgehead atoms. The molecule has 0 unspecified atom stereocenters. The van der Waals surface area contributed by atoms with E-state index in [1.807, 2.05) is 66.7 Å². The quantitative estimate of drug-likeness (QED) is 0.897. The van der Waals surface area contributed by atoms with Crippen LogP contribution in [0.15, 0.2) is 67.2 Å². The highest BCUT2D eigenvalue weighted by Crippen LogP contribution is 1.97. The molecule has 3 nitrogen and oxygen atoms in total. The van der Waals surface area contributed by atoms with E-state index in [1.165, 1.54) is 11.1 Å². The summed E-state index contributed by atoms with van der Waals surface area (Å²) in [7, 11) is 0. The minimum atomic E-state index is 0.250. The zero-order chi connectivity index (χ0) is 14.3. The van der Waals surface area contributed by atoms with Crippen molar-refractivity contribution in [3.05, 3.63) is 78.4 Å². The van der Waals surface area contributed by atoms with Crippen molar-refractivity contribution in [3.8, 4) is 0 Å². The van der Waals surface area contributed by atoms with E-state index in [-0.39, 0.29) is 6.15 Å². The number of nitrogens with two attached hydrogens (primary N) is 1. The van der Waals surface area contributed by atoms with Crippen molar-refractivity contribution in [3.63, 3.8) is 0 Å². The van der Waals surface area contributed by atoms with E-state index in [0.717, 1.165) is 0 Å². The molecule has 0 fully saturated rings. The fraction of sp³-hybridized carbons (Fsp3) is 0.0625. The van der Waals surface area contributed by atoms with Crippen molar-refractivity contribution in [1.29, 1.82) is 0 Å². The average Bonchev–Trinajstić information content (AvgIpc) is 2.50. The highest BCUT2D eigenvalue weighted by atomic mass is 16.2. The van der Waals surface area contributed by atoms with Crippen LogP contribution < -0.4 is 5.73 Å². The van der Waals surface area contributed by atoms with Crippen molar-refractivity contribution in [1.82, 2.24) is 0 Å². The van der Waals surface area contributed by atoms with E-state index in [0.29, 0.717) is 6.54 Å². The smallest absolute Gasteiger partial charge is 0.326 e. The van der Waals surface area contributed by atoms with Gasteiger partial charge in [-0.15, -0.1) is 0 Å². The summed E-state index contributed by atoms with van der Waals surface area (Å²) in [6, 6.07) is 20.0. The van der Waals surface area contributed by atoms with Crippen LogP contribution in [0.5, 0.6) is 0 Å². The molecule has 0 aliphatic heterocycles. The topological polar surface area (TPSA) is 60.2 Å². The maximum absolute atomic E-state index is 8.12. The van der Waals surface area contributed by atoms with Crippen LogP contribution in [0.4, 0.5) is 0 Å². The van der Waals surface area contributed by atoms with Gasteiger partial charge in [0.1, 0.15) is 0 Å². The molecule has 0 saturated heterocycles. The molecular weight excluding hydrogens is 238 g/mol. The van der Waals surface area contributed by atoms with Gasteiger partial charge in [-0.25, -0.2) is 0 Å². The van der Waals surface area contributed by atoms with E-state index in [9.17, 15) is 0 Å². The minimum absolute atomic E-state index is 0.250. The lowest BCUT2D eigenvalue weighted by molar-refractivity contribution is -0.191. The Bertz CT molecular complexity index is 475. The van der Waals surface area contributed by atoms with Gasteiger partial charge in [0.15, 0.2) is 0 Å². The van der Waals surface area contributed by atoms with Crippen molar-refractivity contribution >= 4 is 12.2 Å². The highest BCUT2D eigenvalue weighted by molar-refractivity contribution is 5.45. The largest absolute Gasteiger partial charge is 0.373 e. The number of benzene rings is 2. The summed E-state index contributed by atoms with van der Waals surface area (Å²) in [6.45, 7) is 4.27. The van der Waals surface area contributed by atoms with Gasteiger partial charge in [0.25, 0.3) is 0 Å². The summed E-state index contributed by atoms with van der Waals surface area (Å²) < 4.78 is 0. The van der Waals surface area contributed by atoms with Gasteiger partial charge in [-0.2, -0.15) is 9.59 Å². The summed E-state index contributed by atoms with van der Waals surface area (Å²) in [6.07, 6.45) is 2.08. The van der Waals surface area contributed by atoms with E-state index in [4.69, 9.17) is 15.3 Å². The number of carbonyl (C=O) groups excluding carboxylic acids is 2. The zero-order valence-electron chi connectivity index (χ0n) is 10.7. The van der Waals surface area contributed by atoms with Gasteiger partial charge in [-0.05, 0) is 11.1 Å². The molecule has 0 spiro atoms. The Morgan fingerprint density at radius 1 is 0.947 bits per heavy atom. The van der Waals surface area contributed by atoms with E-state index in [2.05, 4.69) is 6.58 Å². The van der Waals surface area contributed by atoms with E-state index in [1.54, 1.807) is 0 Å². The molecule has 0 heterocycles. The maximum Gasteiger partial charge on any atom is 0.373 e. The second-order valence-electron chi connectivity index (χ2n) is 3.39. The third-order valence-electron chi connectivity index (χ3n) is 2.11. The molecule has 19 heavy (non-hydrogen) atoms. The molecule has 2 aromatic carbocycles. The molecule has 0 aliphatic rings. The standard InChI is InChI=1S/C8H8.C7H9N.CO2/c1-2-8-6-4-3-5-7-8;8-6-7-4-2-1-3-5-7;2-1-3/h2-7H,1H2;1-5H,6,8H2;. The van der Waals surface area contributed by atoms with E-state index >= 15 is 0 Å². The van der Waals surface area contributed by atoms with Gasteiger partial charge in [0.05, 0.1) is 0 Å². The van der Waals surface area contributed by atoms with Gasteiger partial charge in [0.2, 0.25) is 0 Å². The molecule has 98 valence electrons. The predicted octanol–water partition coefficient (Wildman–Crippen LogP) is 2.89. The normalized spacial score (nSPS) is 7.84. The fourth-order valence-electron chi connectivity index (χ4n) is 1.20. The molecular formula is C16H17NO2. The Hall–Kier alpha value is -2.48.